The first-order valence-electron chi connectivity index (χ1n) is 10.9. The molecule has 1 heterocycles. The summed E-state index contributed by atoms with van der Waals surface area (Å²) in [5.74, 6) is 0.648. The zero-order chi connectivity index (χ0) is 22.9. The number of quaternary nitrogens is 1. The average Bonchev–Trinajstić information content (AvgIpc) is 3.31. The maximum absolute atomic E-state index is 12.2. The normalized spacial score (nSPS) is 13.3. The van der Waals surface area contributed by atoms with Crippen molar-refractivity contribution in [1.29, 1.82) is 0 Å². The highest BCUT2D eigenvalue weighted by Gasteiger charge is 2.17. The second kappa shape index (κ2) is 9.42. The number of nitrogens with zero attached hydrogens (tertiary/aromatic N) is 1. The van der Waals surface area contributed by atoms with Gasteiger partial charge in [-0.1, -0.05) is 33.6 Å². The van der Waals surface area contributed by atoms with Crippen LogP contribution in [0, 0.1) is 0 Å². The molecule has 3 aromatic rings. The smallest absolute Gasteiger partial charge is 0.170 e. The van der Waals surface area contributed by atoms with E-state index < -0.39 is 0 Å². The maximum Gasteiger partial charge on any atom is 0.170 e. The van der Waals surface area contributed by atoms with E-state index in [1.54, 1.807) is 0 Å². The van der Waals surface area contributed by atoms with Gasteiger partial charge in [-0.05, 0) is 59.9 Å². The highest BCUT2D eigenvalue weighted by atomic mass is 79.9. The molecular weight excluding hydrogens is 488 g/mol. The molecular formula is C26H29BrClN2O2+. The van der Waals surface area contributed by atoms with Gasteiger partial charge in [0.25, 0.3) is 0 Å². The number of ether oxygens (including phenoxy) is 1. The van der Waals surface area contributed by atoms with E-state index in [-0.39, 0.29) is 12.4 Å². The van der Waals surface area contributed by atoms with E-state index in [9.17, 15) is 4.79 Å². The maximum atomic E-state index is 12.2. The van der Waals surface area contributed by atoms with Crippen molar-refractivity contribution in [2.75, 3.05) is 34.3 Å². The number of nitrogens with one attached hydrogen (secondary N) is 1. The van der Waals surface area contributed by atoms with Crippen molar-refractivity contribution in [3.8, 4) is 5.75 Å². The first kappa shape index (κ1) is 23.1. The van der Waals surface area contributed by atoms with Gasteiger partial charge in [0.2, 0.25) is 0 Å². The van der Waals surface area contributed by atoms with Gasteiger partial charge in [-0.15, -0.1) is 0 Å². The van der Waals surface area contributed by atoms with Gasteiger partial charge in [0, 0.05) is 40.0 Å². The molecule has 4 rings (SSSR count). The molecule has 0 fully saturated rings. The third kappa shape index (κ3) is 5.64. The van der Waals surface area contributed by atoms with Gasteiger partial charge in [-0.25, -0.2) is 0 Å². The Morgan fingerprint density at radius 1 is 1.16 bits per heavy atom. The summed E-state index contributed by atoms with van der Waals surface area (Å²) in [5, 5.41) is 1.55. The van der Waals surface area contributed by atoms with Crippen LogP contribution in [0.4, 0.5) is 0 Å². The number of benzene rings is 2. The number of halogens is 2. The number of hydrogen-bond acceptors (Lipinski definition) is 2. The largest absolute Gasteiger partial charge is 0.484 e. The fourth-order valence-corrected chi connectivity index (χ4v) is 4.68. The molecule has 32 heavy (non-hydrogen) atoms. The Kier molecular flexibility index (Phi) is 6.80. The number of unbranched alkanes of at least 4 members (excludes halogenated alkanes) is 1. The van der Waals surface area contributed by atoms with Crippen molar-refractivity contribution in [3.05, 3.63) is 62.7 Å². The van der Waals surface area contributed by atoms with Crippen LogP contribution in [0.1, 0.15) is 36.1 Å². The van der Waals surface area contributed by atoms with Crippen molar-refractivity contribution >= 4 is 55.9 Å². The Bertz CT molecular complexity index is 1190. The summed E-state index contributed by atoms with van der Waals surface area (Å²) in [5.41, 5.74) is 5.84. The molecule has 4 nitrogen and oxygen atoms in total. The minimum absolute atomic E-state index is 0.0541. The number of aromatic amines is 1. The lowest BCUT2D eigenvalue weighted by Gasteiger charge is -2.23. The predicted molar refractivity (Wildman–Crippen MR) is 136 cm³/mol. The number of Topliss-reactive ketones (excluding diaryl/α,β-unsaturated/α-hetero) is 1. The average molecular weight is 517 g/mol. The SMILES string of the molecule is C[N+](C)(C)CCCCC(=O)COc1cc2[nH]c(C3=Cc4ccc(Br)cc4C3)cc2cc1Cl. The van der Waals surface area contributed by atoms with Crippen molar-refractivity contribution in [3.63, 3.8) is 0 Å². The number of ketones is 1. The van der Waals surface area contributed by atoms with E-state index in [1.807, 2.05) is 12.1 Å². The lowest BCUT2D eigenvalue weighted by Crippen LogP contribution is -2.35. The minimum Gasteiger partial charge on any atom is -0.484 e. The summed E-state index contributed by atoms with van der Waals surface area (Å²) < 4.78 is 7.79. The van der Waals surface area contributed by atoms with Crippen LogP contribution in [0.2, 0.25) is 5.02 Å². The molecule has 1 aromatic heterocycles. The van der Waals surface area contributed by atoms with Gasteiger partial charge < -0.3 is 14.2 Å². The fraction of sp³-hybridized carbons (Fsp3) is 0.346. The van der Waals surface area contributed by atoms with Gasteiger partial charge in [0.15, 0.2) is 5.78 Å². The Balaban J connectivity index is 1.39. The summed E-state index contributed by atoms with van der Waals surface area (Å²) in [6.07, 6.45) is 5.57. The van der Waals surface area contributed by atoms with E-state index in [0.29, 0.717) is 17.2 Å². The first-order valence-corrected chi connectivity index (χ1v) is 12.1. The lowest BCUT2D eigenvalue weighted by atomic mass is 10.1. The van der Waals surface area contributed by atoms with Gasteiger partial charge >= 0.3 is 0 Å². The Labute approximate surface area is 202 Å². The van der Waals surface area contributed by atoms with Crippen LogP contribution in [-0.4, -0.2) is 49.5 Å². The van der Waals surface area contributed by atoms with Gasteiger partial charge in [0.1, 0.15) is 12.4 Å². The summed E-state index contributed by atoms with van der Waals surface area (Å²) in [6.45, 7) is 1.11. The van der Waals surface area contributed by atoms with Crippen molar-refractivity contribution in [1.82, 2.24) is 4.98 Å². The number of aromatic nitrogens is 1. The van der Waals surface area contributed by atoms with Crippen LogP contribution in [0.25, 0.3) is 22.6 Å². The van der Waals surface area contributed by atoms with E-state index in [0.717, 1.165) is 51.4 Å². The molecule has 0 saturated carbocycles. The summed E-state index contributed by atoms with van der Waals surface area (Å²) in [4.78, 5) is 15.7. The number of fused-ring (bicyclic) bond motifs is 2. The molecule has 1 aliphatic carbocycles. The number of allylic oxidation sites excluding steroid dienone is 1. The lowest BCUT2D eigenvalue weighted by molar-refractivity contribution is -0.870. The van der Waals surface area contributed by atoms with Crippen LogP contribution in [-0.2, 0) is 11.2 Å². The summed E-state index contributed by atoms with van der Waals surface area (Å²) >= 11 is 10.0. The number of hydrogen-bond donors (Lipinski definition) is 1. The Hall–Kier alpha value is -2.08. The van der Waals surface area contributed by atoms with E-state index in [2.05, 4.69) is 72.4 Å². The zero-order valence-corrected chi connectivity index (χ0v) is 21.1. The molecule has 0 aliphatic heterocycles. The van der Waals surface area contributed by atoms with Crippen LogP contribution in [0.5, 0.6) is 5.75 Å². The quantitative estimate of drug-likeness (QED) is 0.260. The third-order valence-corrected chi connectivity index (χ3v) is 6.55. The topological polar surface area (TPSA) is 42.1 Å². The van der Waals surface area contributed by atoms with Gasteiger partial charge in [0.05, 0.1) is 32.7 Å². The molecule has 2 aromatic carbocycles. The fourth-order valence-electron chi connectivity index (χ4n) is 4.04. The molecule has 0 saturated heterocycles. The number of carbonyl (C=O) groups excluding carboxylic acids is 1. The van der Waals surface area contributed by atoms with Crippen LogP contribution >= 0.6 is 27.5 Å². The molecule has 0 atom stereocenters. The van der Waals surface area contributed by atoms with Crippen molar-refractivity contribution in [2.24, 2.45) is 0 Å². The zero-order valence-electron chi connectivity index (χ0n) is 18.8. The molecule has 0 radical (unpaired) electrons. The standard InChI is InChI=1S/C26H29BrClN2O2/c1-30(2,3)9-5-4-6-22(31)16-32-26-15-25-20(13-23(26)28)14-24(29-25)19-10-17-7-8-21(27)12-18(17)11-19/h7-8,10,12-15,29H,4-6,9,11,16H2,1-3H3/q+1. The van der Waals surface area contributed by atoms with Crippen LogP contribution in [0.15, 0.2) is 40.9 Å². The van der Waals surface area contributed by atoms with Crippen LogP contribution in [0.3, 0.4) is 0 Å². The molecule has 0 unspecified atom stereocenters. The third-order valence-electron chi connectivity index (χ3n) is 5.76. The molecule has 0 spiro atoms. The minimum atomic E-state index is 0.0541. The van der Waals surface area contributed by atoms with Gasteiger partial charge in [-0.3, -0.25) is 4.79 Å². The second-order valence-corrected chi connectivity index (χ2v) is 10.9. The molecule has 168 valence electrons. The second-order valence-electron chi connectivity index (χ2n) is 9.54. The summed E-state index contributed by atoms with van der Waals surface area (Å²) in [6, 6.07) is 12.3. The highest BCUT2D eigenvalue weighted by Crippen LogP contribution is 2.36. The Morgan fingerprint density at radius 2 is 1.97 bits per heavy atom. The number of H-pyrrole nitrogens is 1. The number of carbonyl (C=O) groups is 1. The van der Waals surface area contributed by atoms with E-state index >= 15 is 0 Å². The molecule has 6 heteroatoms. The van der Waals surface area contributed by atoms with Gasteiger partial charge in [-0.2, -0.15) is 0 Å². The molecule has 1 N–H and O–H groups in total. The van der Waals surface area contributed by atoms with Crippen molar-refractivity contribution < 1.29 is 14.0 Å². The highest BCUT2D eigenvalue weighted by molar-refractivity contribution is 9.10. The van der Waals surface area contributed by atoms with Crippen molar-refractivity contribution in [2.45, 2.75) is 25.7 Å². The molecule has 0 bridgehead atoms. The van der Waals surface area contributed by atoms with Crippen LogP contribution < -0.4 is 4.74 Å². The van der Waals surface area contributed by atoms with E-state index in [4.69, 9.17) is 16.3 Å². The number of rotatable bonds is 9. The van der Waals surface area contributed by atoms with E-state index in [1.165, 1.54) is 16.7 Å². The molecule has 1 aliphatic rings. The predicted octanol–water partition coefficient (Wildman–Crippen LogP) is 6.50. The Morgan fingerprint density at radius 3 is 2.75 bits per heavy atom. The monoisotopic (exact) mass is 515 g/mol. The first-order chi connectivity index (χ1) is 15.2. The molecule has 0 amide bonds. The summed E-state index contributed by atoms with van der Waals surface area (Å²) in [7, 11) is 6.49.